The predicted molar refractivity (Wildman–Crippen MR) is 117 cm³/mol. The van der Waals surface area contributed by atoms with E-state index >= 15 is 0 Å². The standard InChI is InChI=1S/C23H24N2O3S/c1-24(17-20-9-6-8-18-7-2-3-10-22(18)20)23(26)19-11-13-21(14-12-19)25-15-4-5-16-29(25,27)28/h2-3,6-14H,4-5,15-17H2,1H3. The van der Waals surface area contributed by atoms with Crippen LogP contribution in [0.5, 0.6) is 0 Å². The molecule has 5 nitrogen and oxygen atoms in total. The lowest BCUT2D eigenvalue weighted by Crippen LogP contribution is -2.37. The molecule has 0 unspecified atom stereocenters. The molecule has 1 fully saturated rings. The van der Waals surface area contributed by atoms with E-state index in [-0.39, 0.29) is 11.7 Å². The third-order valence-corrected chi connectivity index (χ3v) is 7.26. The number of anilines is 1. The molecule has 6 heteroatoms. The fraction of sp³-hybridized carbons (Fsp3) is 0.261. The zero-order chi connectivity index (χ0) is 20.4. The number of benzene rings is 3. The molecule has 4 rings (SSSR count). The van der Waals surface area contributed by atoms with Gasteiger partial charge in [0.25, 0.3) is 5.91 Å². The number of fused-ring (bicyclic) bond motifs is 1. The Morgan fingerprint density at radius 3 is 2.45 bits per heavy atom. The fourth-order valence-corrected chi connectivity index (χ4v) is 5.47. The minimum atomic E-state index is -3.25. The molecule has 0 N–H and O–H groups in total. The highest BCUT2D eigenvalue weighted by atomic mass is 32.2. The molecule has 1 heterocycles. The second-order valence-corrected chi connectivity index (χ2v) is 9.45. The second kappa shape index (κ2) is 7.87. The number of carbonyl (C=O) groups is 1. The summed E-state index contributed by atoms with van der Waals surface area (Å²) in [6.07, 6.45) is 1.56. The number of hydrogen-bond donors (Lipinski definition) is 0. The molecular formula is C23H24N2O3S. The van der Waals surface area contributed by atoms with Gasteiger partial charge in [0.2, 0.25) is 10.0 Å². The summed E-state index contributed by atoms with van der Waals surface area (Å²) >= 11 is 0. The quantitative estimate of drug-likeness (QED) is 0.655. The van der Waals surface area contributed by atoms with Gasteiger partial charge < -0.3 is 4.90 Å². The lowest BCUT2D eigenvalue weighted by molar-refractivity contribution is 0.0785. The smallest absolute Gasteiger partial charge is 0.253 e. The maximum atomic E-state index is 12.9. The van der Waals surface area contributed by atoms with Crippen LogP contribution in [0.15, 0.2) is 66.7 Å². The van der Waals surface area contributed by atoms with Crippen LogP contribution in [-0.2, 0) is 16.6 Å². The Morgan fingerprint density at radius 1 is 0.966 bits per heavy atom. The summed E-state index contributed by atoms with van der Waals surface area (Å²) in [5.74, 6) is 0.0903. The van der Waals surface area contributed by atoms with E-state index in [9.17, 15) is 13.2 Å². The van der Waals surface area contributed by atoms with Crippen LogP contribution < -0.4 is 4.31 Å². The van der Waals surface area contributed by atoms with Crippen molar-refractivity contribution in [3.63, 3.8) is 0 Å². The van der Waals surface area contributed by atoms with Crippen molar-refractivity contribution in [2.75, 3.05) is 23.7 Å². The first-order valence-electron chi connectivity index (χ1n) is 9.78. The molecule has 1 saturated heterocycles. The first-order valence-corrected chi connectivity index (χ1v) is 11.4. The van der Waals surface area contributed by atoms with E-state index in [1.165, 1.54) is 4.31 Å². The lowest BCUT2D eigenvalue weighted by Gasteiger charge is -2.28. The van der Waals surface area contributed by atoms with Gasteiger partial charge in [0, 0.05) is 25.7 Å². The van der Waals surface area contributed by atoms with Crippen molar-refractivity contribution >= 4 is 32.4 Å². The van der Waals surface area contributed by atoms with Crippen molar-refractivity contribution in [3.05, 3.63) is 77.9 Å². The predicted octanol–water partition coefficient (Wildman–Crippen LogP) is 4.04. The summed E-state index contributed by atoms with van der Waals surface area (Å²) in [4.78, 5) is 14.6. The van der Waals surface area contributed by atoms with E-state index in [0.717, 1.165) is 22.8 Å². The first-order chi connectivity index (χ1) is 14.0. The zero-order valence-corrected chi connectivity index (χ0v) is 17.2. The number of sulfonamides is 1. The van der Waals surface area contributed by atoms with Gasteiger partial charge in [-0.25, -0.2) is 8.42 Å². The maximum Gasteiger partial charge on any atom is 0.253 e. The number of rotatable bonds is 4. The zero-order valence-electron chi connectivity index (χ0n) is 16.4. The summed E-state index contributed by atoms with van der Waals surface area (Å²) in [5, 5.41) is 2.29. The van der Waals surface area contributed by atoms with Crippen molar-refractivity contribution in [3.8, 4) is 0 Å². The Morgan fingerprint density at radius 2 is 1.69 bits per heavy atom. The maximum absolute atomic E-state index is 12.9. The molecule has 0 spiro atoms. The lowest BCUT2D eigenvalue weighted by atomic mass is 10.0. The summed E-state index contributed by atoms with van der Waals surface area (Å²) in [6, 6.07) is 21.1. The van der Waals surface area contributed by atoms with Crippen LogP contribution in [0.3, 0.4) is 0 Å². The molecule has 150 valence electrons. The fourth-order valence-electron chi connectivity index (χ4n) is 3.83. The summed E-state index contributed by atoms with van der Waals surface area (Å²) in [5.41, 5.74) is 2.26. The minimum absolute atomic E-state index is 0.0917. The van der Waals surface area contributed by atoms with Gasteiger partial charge in [0.1, 0.15) is 0 Å². The molecule has 0 saturated carbocycles. The Bertz CT molecular complexity index is 1140. The van der Waals surface area contributed by atoms with Crippen molar-refractivity contribution in [2.24, 2.45) is 0 Å². The van der Waals surface area contributed by atoms with Gasteiger partial charge in [-0.2, -0.15) is 0 Å². The van der Waals surface area contributed by atoms with E-state index < -0.39 is 10.0 Å². The topological polar surface area (TPSA) is 57.7 Å². The van der Waals surface area contributed by atoms with Crippen LogP contribution in [0.1, 0.15) is 28.8 Å². The molecule has 0 atom stereocenters. The highest BCUT2D eigenvalue weighted by molar-refractivity contribution is 7.92. The van der Waals surface area contributed by atoms with Crippen molar-refractivity contribution in [2.45, 2.75) is 19.4 Å². The Balaban J connectivity index is 1.52. The molecule has 0 bridgehead atoms. The molecular weight excluding hydrogens is 384 g/mol. The van der Waals surface area contributed by atoms with E-state index in [2.05, 4.69) is 18.2 Å². The van der Waals surface area contributed by atoms with Crippen LogP contribution in [0.25, 0.3) is 10.8 Å². The Kier molecular flexibility index (Phi) is 5.28. The van der Waals surface area contributed by atoms with Crippen LogP contribution in [-0.4, -0.2) is 38.6 Å². The largest absolute Gasteiger partial charge is 0.337 e. The van der Waals surface area contributed by atoms with Crippen molar-refractivity contribution < 1.29 is 13.2 Å². The van der Waals surface area contributed by atoms with Gasteiger partial charge in [-0.15, -0.1) is 0 Å². The van der Waals surface area contributed by atoms with E-state index in [1.807, 2.05) is 24.3 Å². The molecule has 0 aliphatic carbocycles. The Labute approximate surface area is 171 Å². The Hall–Kier alpha value is -2.86. The van der Waals surface area contributed by atoms with E-state index in [0.29, 0.717) is 30.8 Å². The van der Waals surface area contributed by atoms with Gasteiger partial charge in [-0.05, 0) is 53.4 Å². The molecule has 3 aromatic rings. The average molecular weight is 409 g/mol. The van der Waals surface area contributed by atoms with E-state index in [4.69, 9.17) is 0 Å². The highest BCUT2D eigenvalue weighted by Crippen LogP contribution is 2.25. The summed E-state index contributed by atoms with van der Waals surface area (Å²) in [6.45, 7) is 0.999. The van der Waals surface area contributed by atoms with Gasteiger partial charge in [0.05, 0.1) is 11.4 Å². The van der Waals surface area contributed by atoms with Gasteiger partial charge in [-0.3, -0.25) is 9.10 Å². The number of hydrogen-bond acceptors (Lipinski definition) is 3. The SMILES string of the molecule is CN(Cc1cccc2ccccc12)C(=O)c1ccc(N2CCCCS2(=O)=O)cc1. The van der Waals surface area contributed by atoms with Crippen LogP contribution in [0.2, 0.25) is 0 Å². The molecule has 1 aliphatic rings. The third kappa shape index (κ3) is 3.98. The van der Waals surface area contributed by atoms with Gasteiger partial charge in [0.15, 0.2) is 0 Å². The normalized spacial score (nSPS) is 16.0. The summed E-state index contributed by atoms with van der Waals surface area (Å²) < 4.78 is 26.0. The number of carbonyl (C=O) groups excluding carboxylic acids is 1. The number of amides is 1. The highest BCUT2D eigenvalue weighted by Gasteiger charge is 2.26. The van der Waals surface area contributed by atoms with Gasteiger partial charge in [-0.1, -0.05) is 42.5 Å². The van der Waals surface area contributed by atoms with Crippen molar-refractivity contribution in [1.82, 2.24) is 4.90 Å². The minimum Gasteiger partial charge on any atom is -0.337 e. The van der Waals surface area contributed by atoms with Gasteiger partial charge >= 0.3 is 0 Å². The van der Waals surface area contributed by atoms with E-state index in [1.54, 1.807) is 36.2 Å². The monoisotopic (exact) mass is 408 g/mol. The third-order valence-electron chi connectivity index (χ3n) is 5.39. The molecule has 1 amide bonds. The molecule has 29 heavy (non-hydrogen) atoms. The molecule has 1 aliphatic heterocycles. The van der Waals surface area contributed by atoms with Crippen molar-refractivity contribution in [1.29, 1.82) is 0 Å². The van der Waals surface area contributed by atoms with Crippen LogP contribution >= 0.6 is 0 Å². The van der Waals surface area contributed by atoms with Crippen LogP contribution in [0, 0.1) is 0 Å². The molecule has 0 aromatic heterocycles. The molecule has 3 aromatic carbocycles. The average Bonchev–Trinajstić information content (AvgIpc) is 2.73. The number of nitrogens with zero attached hydrogens (tertiary/aromatic N) is 2. The summed E-state index contributed by atoms with van der Waals surface area (Å²) in [7, 11) is -1.46. The first kappa shape index (κ1) is 19.5. The second-order valence-electron chi connectivity index (χ2n) is 7.44. The molecule has 0 radical (unpaired) electrons. The van der Waals surface area contributed by atoms with Crippen LogP contribution in [0.4, 0.5) is 5.69 Å².